The number of alkyl halides is 3. The molecule has 0 radical (unpaired) electrons. The normalized spacial score (nSPS) is 14.5. The average Bonchev–Trinajstić information content (AvgIpc) is 2.77. The van der Waals surface area contributed by atoms with Crippen molar-refractivity contribution in [3.63, 3.8) is 0 Å². The van der Waals surface area contributed by atoms with Gasteiger partial charge >= 0.3 is 12.1 Å². The zero-order valence-corrected chi connectivity index (χ0v) is 18.8. The third kappa shape index (κ3) is 4.45. The van der Waals surface area contributed by atoms with Crippen LogP contribution in [0.1, 0.15) is 46.8 Å². The van der Waals surface area contributed by atoms with Crippen LogP contribution >= 0.6 is 11.6 Å². The minimum atomic E-state index is -5.12. The van der Waals surface area contributed by atoms with Crippen molar-refractivity contribution in [3.05, 3.63) is 92.1 Å². The molecule has 2 atom stereocenters. The number of aryl methyl sites for hydroxylation is 1. The van der Waals surface area contributed by atoms with Crippen LogP contribution in [-0.4, -0.2) is 27.3 Å². The molecular weight excluding hydrogens is 478 g/mol. The van der Waals surface area contributed by atoms with Gasteiger partial charge in [-0.3, -0.25) is 4.79 Å². The fourth-order valence-electron chi connectivity index (χ4n) is 3.82. The van der Waals surface area contributed by atoms with Crippen molar-refractivity contribution in [2.75, 3.05) is 0 Å². The van der Waals surface area contributed by atoms with Crippen molar-refractivity contribution in [2.24, 2.45) is 0 Å². The molecule has 3 N–H and O–H groups in total. The number of benzene rings is 2. The quantitative estimate of drug-likeness (QED) is 0.384. The number of carboxylic acid groups (broad SMARTS) is 1. The lowest BCUT2D eigenvalue weighted by atomic mass is 9.77. The number of halogens is 5. The van der Waals surface area contributed by atoms with Crippen LogP contribution in [0.3, 0.4) is 0 Å². The Morgan fingerprint density at radius 1 is 1.12 bits per heavy atom. The van der Waals surface area contributed by atoms with E-state index in [-0.39, 0.29) is 22.6 Å². The van der Waals surface area contributed by atoms with Crippen molar-refractivity contribution in [1.29, 1.82) is 0 Å². The van der Waals surface area contributed by atoms with E-state index >= 15 is 0 Å². The predicted octanol–water partition coefficient (Wildman–Crippen LogP) is 5.65. The molecule has 0 aliphatic carbocycles. The van der Waals surface area contributed by atoms with E-state index in [1.165, 1.54) is 24.3 Å². The molecule has 1 heterocycles. The number of aliphatic hydroxyl groups is 1. The van der Waals surface area contributed by atoms with Crippen LogP contribution in [0.5, 0.6) is 0 Å². The molecule has 0 bridgehead atoms. The van der Waals surface area contributed by atoms with E-state index in [1.807, 2.05) is 0 Å². The lowest BCUT2D eigenvalue weighted by Crippen LogP contribution is -2.47. The number of nitrogens with one attached hydrogen (secondary N) is 1. The molecule has 2 unspecified atom stereocenters. The Morgan fingerprint density at radius 3 is 2.29 bits per heavy atom. The molecule has 10 heteroatoms. The third-order valence-corrected chi connectivity index (χ3v) is 6.18. The first-order valence-electron chi connectivity index (χ1n) is 10.1. The number of aromatic amines is 1. The number of aromatic nitrogens is 1. The zero-order valence-electron chi connectivity index (χ0n) is 18.0. The van der Waals surface area contributed by atoms with Gasteiger partial charge in [0.05, 0.1) is 5.56 Å². The SMILES string of the molecule is CCc1cc(C(O)(C(C)c2ccc(-c3ccc(F)c(C(=O)O)c3)cc2Cl)C(F)(F)F)c[nH]c1=O. The maximum absolute atomic E-state index is 14.2. The summed E-state index contributed by atoms with van der Waals surface area (Å²) in [4.78, 5) is 25.3. The summed E-state index contributed by atoms with van der Waals surface area (Å²) in [7, 11) is 0. The largest absolute Gasteiger partial charge is 0.478 e. The Bertz CT molecular complexity index is 1300. The van der Waals surface area contributed by atoms with Crippen LogP contribution in [0.25, 0.3) is 11.1 Å². The standard InChI is InChI=1S/C24H20ClF4NO4/c1-3-13-8-16(11-30-21(13)31)23(34,24(27,28)29)12(2)17-6-4-15(10-19(17)25)14-5-7-20(26)18(9-14)22(32)33/h4-12,34H,3H2,1-2H3,(H,30,31)(H,32,33). The Morgan fingerprint density at radius 2 is 1.74 bits per heavy atom. The van der Waals surface area contributed by atoms with Crippen molar-refractivity contribution in [2.45, 2.75) is 38.0 Å². The van der Waals surface area contributed by atoms with Gasteiger partial charge in [-0.05, 0) is 47.4 Å². The van der Waals surface area contributed by atoms with Crippen molar-refractivity contribution in [1.82, 2.24) is 4.98 Å². The maximum Gasteiger partial charge on any atom is 0.422 e. The van der Waals surface area contributed by atoms with E-state index in [0.717, 1.165) is 31.3 Å². The number of carbonyl (C=O) groups is 1. The summed E-state index contributed by atoms with van der Waals surface area (Å²) in [6.07, 6.45) is -4.12. The monoisotopic (exact) mass is 497 g/mol. The second kappa shape index (κ2) is 9.23. The van der Waals surface area contributed by atoms with Crippen LogP contribution in [0.2, 0.25) is 5.02 Å². The van der Waals surface area contributed by atoms with Gasteiger partial charge in [-0.25, -0.2) is 9.18 Å². The van der Waals surface area contributed by atoms with Crippen LogP contribution in [-0.2, 0) is 12.0 Å². The molecular formula is C24H20ClF4NO4. The van der Waals surface area contributed by atoms with E-state index < -0.39 is 46.2 Å². The van der Waals surface area contributed by atoms with Gasteiger partial charge < -0.3 is 15.2 Å². The van der Waals surface area contributed by atoms with Crippen LogP contribution in [0, 0.1) is 5.82 Å². The van der Waals surface area contributed by atoms with Gasteiger partial charge in [0.25, 0.3) is 5.56 Å². The summed E-state index contributed by atoms with van der Waals surface area (Å²) in [6, 6.07) is 8.39. The molecule has 0 aliphatic heterocycles. The third-order valence-electron chi connectivity index (χ3n) is 5.86. The molecule has 5 nitrogen and oxygen atoms in total. The molecule has 0 saturated carbocycles. The number of rotatable bonds is 6. The summed E-state index contributed by atoms with van der Waals surface area (Å²) in [5, 5.41) is 20.0. The summed E-state index contributed by atoms with van der Waals surface area (Å²) in [5.41, 5.74) is -4.34. The number of hydrogen-bond acceptors (Lipinski definition) is 3. The van der Waals surface area contributed by atoms with Gasteiger partial charge in [0.15, 0.2) is 5.60 Å². The van der Waals surface area contributed by atoms with E-state index in [1.54, 1.807) is 6.92 Å². The summed E-state index contributed by atoms with van der Waals surface area (Å²) in [6.45, 7) is 2.76. The first-order valence-corrected chi connectivity index (χ1v) is 10.5. The molecule has 1 aromatic heterocycles. The van der Waals surface area contributed by atoms with Gasteiger partial charge in [0.2, 0.25) is 0 Å². The van der Waals surface area contributed by atoms with E-state index in [0.29, 0.717) is 11.1 Å². The summed E-state index contributed by atoms with van der Waals surface area (Å²) < 4.78 is 56.4. The molecule has 3 rings (SSSR count). The minimum Gasteiger partial charge on any atom is -0.478 e. The van der Waals surface area contributed by atoms with Crippen LogP contribution in [0.4, 0.5) is 17.6 Å². The molecule has 0 aliphatic rings. The molecule has 0 spiro atoms. The van der Waals surface area contributed by atoms with Crippen molar-refractivity contribution < 1.29 is 32.6 Å². The molecule has 180 valence electrons. The van der Waals surface area contributed by atoms with E-state index in [2.05, 4.69) is 4.98 Å². The maximum atomic E-state index is 14.2. The first-order chi connectivity index (χ1) is 15.8. The lowest BCUT2D eigenvalue weighted by Gasteiger charge is -2.37. The lowest BCUT2D eigenvalue weighted by molar-refractivity contribution is -0.274. The summed E-state index contributed by atoms with van der Waals surface area (Å²) >= 11 is 6.31. The van der Waals surface area contributed by atoms with Crippen molar-refractivity contribution >= 4 is 17.6 Å². The van der Waals surface area contributed by atoms with Crippen LogP contribution in [0.15, 0.2) is 53.5 Å². The molecule has 3 aromatic rings. The number of pyridine rings is 1. The van der Waals surface area contributed by atoms with E-state index in [9.17, 15) is 32.3 Å². The second-order valence-electron chi connectivity index (χ2n) is 7.82. The van der Waals surface area contributed by atoms with Crippen LogP contribution < -0.4 is 5.56 Å². The highest BCUT2D eigenvalue weighted by Gasteiger charge is 2.59. The topological polar surface area (TPSA) is 90.4 Å². The Balaban J connectivity index is 2.10. The average molecular weight is 498 g/mol. The highest BCUT2D eigenvalue weighted by Crippen LogP contribution is 2.50. The molecule has 0 saturated heterocycles. The molecule has 2 aromatic carbocycles. The van der Waals surface area contributed by atoms with Gasteiger partial charge in [0, 0.05) is 28.3 Å². The Kier molecular flexibility index (Phi) is 6.91. The summed E-state index contributed by atoms with van der Waals surface area (Å²) in [5.74, 6) is -4.00. The molecule has 34 heavy (non-hydrogen) atoms. The highest BCUT2D eigenvalue weighted by molar-refractivity contribution is 6.31. The zero-order chi connectivity index (χ0) is 25.4. The number of H-pyrrole nitrogens is 1. The number of aromatic carboxylic acids is 1. The van der Waals surface area contributed by atoms with Gasteiger partial charge in [-0.1, -0.05) is 43.6 Å². The van der Waals surface area contributed by atoms with Gasteiger partial charge in [-0.2, -0.15) is 13.2 Å². The fraction of sp³-hybridized carbons (Fsp3) is 0.250. The number of carboxylic acids is 1. The minimum absolute atomic E-state index is 0.0324. The Hall–Kier alpha value is -3.17. The molecule has 0 fully saturated rings. The van der Waals surface area contributed by atoms with Gasteiger partial charge in [0.1, 0.15) is 5.82 Å². The first kappa shape index (κ1) is 25.5. The van der Waals surface area contributed by atoms with Crippen molar-refractivity contribution in [3.8, 4) is 11.1 Å². The fourth-order valence-corrected chi connectivity index (χ4v) is 4.17. The van der Waals surface area contributed by atoms with E-state index in [4.69, 9.17) is 16.7 Å². The van der Waals surface area contributed by atoms with Gasteiger partial charge in [-0.15, -0.1) is 0 Å². The predicted molar refractivity (Wildman–Crippen MR) is 119 cm³/mol. The Labute approximate surface area is 196 Å². The second-order valence-corrected chi connectivity index (χ2v) is 8.23. The molecule has 0 amide bonds. The highest BCUT2D eigenvalue weighted by atomic mass is 35.5. The number of hydrogen-bond donors (Lipinski definition) is 3. The smallest absolute Gasteiger partial charge is 0.422 e.